The molecule has 2 rings (SSSR count). The van der Waals surface area contributed by atoms with Gasteiger partial charge in [-0.3, -0.25) is 0 Å². The van der Waals surface area contributed by atoms with Crippen LogP contribution in [0.2, 0.25) is 0 Å². The smallest absolute Gasteiger partial charge is 0.123 e. The summed E-state index contributed by atoms with van der Waals surface area (Å²) in [6, 6.07) is 10.1. The van der Waals surface area contributed by atoms with Crippen molar-refractivity contribution in [3.8, 4) is 11.5 Å². The van der Waals surface area contributed by atoms with E-state index in [-0.39, 0.29) is 5.75 Å². The van der Waals surface area contributed by atoms with Crippen molar-refractivity contribution < 1.29 is 9.84 Å². The van der Waals surface area contributed by atoms with Crippen LogP contribution in [0.1, 0.15) is 22.2 Å². The molecule has 0 fully saturated rings. The molecule has 1 atom stereocenters. The summed E-state index contributed by atoms with van der Waals surface area (Å²) in [5.41, 5.74) is 0.889. The molecule has 0 saturated heterocycles. The van der Waals surface area contributed by atoms with Gasteiger partial charge in [0, 0.05) is 34.0 Å². The van der Waals surface area contributed by atoms with Gasteiger partial charge in [0.1, 0.15) is 11.5 Å². The van der Waals surface area contributed by atoms with Gasteiger partial charge in [0.15, 0.2) is 0 Å². The minimum absolute atomic E-state index is 0.274. The van der Waals surface area contributed by atoms with Crippen LogP contribution in [0.3, 0.4) is 0 Å². The van der Waals surface area contributed by atoms with Crippen molar-refractivity contribution in [1.29, 1.82) is 0 Å². The molecule has 108 valence electrons. The lowest BCUT2D eigenvalue weighted by Gasteiger charge is -2.14. The maximum Gasteiger partial charge on any atom is 0.123 e. The summed E-state index contributed by atoms with van der Waals surface area (Å²) in [5.74, 6) is 0.948. The first-order chi connectivity index (χ1) is 9.58. The molecular formula is C16H21NO2S. The van der Waals surface area contributed by atoms with Gasteiger partial charge >= 0.3 is 0 Å². The summed E-state index contributed by atoms with van der Waals surface area (Å²) in [7, 11) is 1.60. The number of hydrogen-bond donors (Lipinski definition) is 2. The van der Waals surface area contributed by atoms with Gasteiger partial charge in [-0.05, 0) is 38.5 Å². The van der Waals surface area contributed by atoms with E-state index in [2.05, 4.69) is 31.3 Å². The van der Waals surface area contributed by atoms with Crippen molar-refractivity contribution >= 4 is 11.3 Å². The minimum Gasteiger partial charge on any atom is -0.507 e. The predicted octanol–water partition coefficient (Wildman–Crippen LogP) is 3.49. The van der Waals surface area contributed by atoms with E-state index in [9.17, 15) is 5.11 Å². The third kappa shape index (κ3) is 3.99. The SMILES string of the molecule is COc1ccc(CNC(C)Cc2ccc(C)s2)c(O)c1. The Hall–Kier alpha value is -1.52. The monoisotopic (exact) mass is 291 g/mol. The number of rotatable bonds is 6. The molecule has 1 heterocycles. The summed E-state index contributed by atoms with van der Waals surface area (Å²) < 4.78 is 5.08. The number of hydrogen-bond acceptors (Lipinski definition) is 4. The number of phenols is 1. The third-order valence-corrected chi connectivity index (χ3v) is 4.26. The normalized spacial score (nSPS) is 12.3. The molecule has 0 radical (unpaired) electrons. The van der Waals surface area contributed by atoms with Crippen LogP contribution in [-0.4, -0.2) is 18.3 Å². The number of nitrogens with one attached hydrogen (secondary N) is 1. The Morgan fingerprint density at radius 3 is 2.70 bits per heavy atom. The summed E-state index contributed by atoms with van der Waals surface area (Å²) >= 11 is 1.84. The first-order valence-electron chi connectivity index (χ1n) is 6.73. The maximum atomic E-state index is 9.91. The third-order valence-electron chi connectivity index (χ3n) is 3.24. The molecule has 3 nitrogen and oxygen atoms in total. The summed E-state index contributed by atoms with van der Waals surface area (Å²) in [5, 5.41) is 13.4. The molecule has 20 heavy (non-hydrogen) atoms. The van der Waals surface area contributed by atoms with E-state index in [1.807, 2.05) is 23.5 Å². The summed E-state index contributed by atoms with van der Waals surface area (Å²) in [6.45, 7) is 4.94. The molecule has 0 bridgehead atoms. The van der Waals surface area contributed by atoms with E-state index in [0.29, 0.717) is 18.3 Å². The molecule has 0 amide bonds. The van der Waals surface area contributed by atoms with Crippen LogP contribution < -0.4 is 10.1 Å². The molecule has 0 aliphatic carbocycles. The van der Waals surface area contributed by atoms with Gasteiger partial charge in [0.05, 0.1) is 7.11 Å². The molecule has 4 heteroatoms. The Labute approximate surface area is 124 Å². The van der Waals surface area contributed by atoms with Gasteiger partial charge in [0.25, 0.3) is 0 Å². The first-order valence-corrected chi connectivity index (χ1v) is 7.54. The Bertz CT molecular complexity index is 565. The van der Waals surface area contributed by atoms with Crippen molar-refractivity contribution in [3.05, 3.63) is 45.6 Å². The van der Waals surface area contributed by atoms with E-state index in [0.717, 1.165) is 12.0 Å². The van der Waals surface area contributed by atoms with Gasteiger partial charge in [-0.2, -0.15) is 0 Å². The summed E-state index contributed by atoms with van der Waals surface area (Å²) in [4.78, 5) is 2.74. The maximum absolute atomic E-state index is 9.91. The molecule has 0 spiro atoms. The Morgan fingerprint density at radius 2 is 2.10 bits per heavy atom. The average molecular weight is 291 g/mol. The zero-order valence-corrected chi connectivity index (χ0v) is 13.0. The highest BCUT2D eigenvalue weighted by Crippen LogP contribution is 2.23. The molecule has 1 unspecified atom stereocenters. The van der Waals surface area contributed by atoms with E-state index < -0.39 is 0 Å². The quantitative estimate of drug-likeness (QED) is 0.856. The Kier molecular flexibility index (Phi) is 5.04. The van der Waals surface area contributed by atoms with Crippen LogP contribution in [0.5, 0.6) is 11.5 Å². The van der Waals surface area contributed by atoms with Crippen molar-refractivity contribution in [2.45, 2.75) is 32.9 Å². The van der Waals surface area contributed by atoms with Gasteiger partial charge in [-0.15, -0.1) is 11.3 Å². The molecule has 0 aliphatic rings. The number of phenolic OH excluding ortho intramolecular Hbond substituents is 1. The van der Waals surface area contributed by atoms with Crippen LogP contribution in [0.25, 0.3) is 0 Å². The number of aromatic hydroxyl groups is 1. The highest BCUT2D eigenvalue weighted by atomic mass is 32.1. The second-order valence-corrected chi connectivity index (χ2v) is 6.37. The van der Waals surface area contributed by atoms with Crippen LogP contribution in [0.4, 0.5) is 0 Å². The first kappa shape index (κ1) is 14.9. The lowest BCUT2D eigenvalue weighted by molar-refractivity contribution is 0.405. The zero-order chi connectivity index (χ0) is 14.5. The summed E-state index contributed by atoms with van der Waals surface area (Å²) in [6.07, 6.45) is 1.01. The molecule has 0 saturated carbocycles. The average Bonchev–Trinajstić information content (AvgIpc) is 2.82. The molecule has 0 aliphatic heterocycles. The van der Waals surface area contributed by atoms with Crippen LogP contribution in [-0.2, 0) is 13.0 Å². The zero-order valence-electron chi connectivity index (χ0n) is 12.1. The van der Waals surface area contributed by atoms with Crippen molar-refractivity contribution in [2.24, 2.45) is 0 Å². The van der Waals surface area contributed by atoms with Crippen LogP contribution >= 0.6 is 11.3 Å². The highest BCUT2D eigenvalue weighted by Gasteiger charge is 2.07. The van der Waals surface area contributed by atoms with Crippen molar-refractivity contribution in [1.82, 2.24) is 5.32 Å². The molecule has 1 aromatic heterocycles. The fraction of sp³-hybridized carbons (Fsp3) is 0.375. The highest BCUT2D eigenvalue weighted by molar-refractivity contribution is 7.11. The van der Waals surface area contributed by atoms with Crippen molar-refractivity contribution in [3.63, 3.8) is 0 Å². The lowest BCUT2D eigenvalue weighted by Crippen LogP contribution is -2.27. The van der Waals surface area contributed by atoms with Gasteiger partial charge < -0.3 is 15.2 Å². The number of methoxy groups -OCH3 is 1. The van der Waals surface area contributed by atoms with Gasteiger partial charge in [0.2, 0.25) is 0 Å². The fourth-order valence-corrected chi connectivity index (χ4v) is 3.09. The van der Waals surface area contributed by atoms with E-state index in [1.54, 1.807) is 13.2 Å². The Morgan fingerprint density at radius 1 is 1.30 bits per heavy atom. The number of ether oxygens (including phenoxy) is 1. The van der Waals surface area contributed by atoms with Gasteiger partial charge in [-0.25, -0.2) is 0 Å². The topological polar surface area (TPSA) is 41.5 Å². The predicted molar refractivity (Wildman–Crippen MR) is 83.7 cm³/mol. The molecular weight excluding hydrogens is 270 g/mol. The van der Waals surface area contributed by atoms with E-state index in [4.69, 9.17) is 4.74 Å². The minimum atomic E-state index is 0.274. The number of thiophene rings is 1. The second-order valence-electron chi connectivity index (χ2n) is 4.99. The molecule has 2 N–H and O–H groups in total. The van der Waals surface area contributed by atoms with E-state index >= 15 is 0 Å². The molecule has 1 aromatic carbocycles. The largest absolute Gasteiger partial charge is 0.507 e. The second kappa shape index (κ2) is 6.77. The fourth-order valence-electron chi connectivity index (χ4n) is 2.07. The van der Waals surface area contributed by atoms with Crippen LogP contribution in [0.15, 0.2) is 30.3 Å². The standard InChI is InChI=1S/C16H21NO2S/c1-11(8-15-7-4-12(2)20-15)17-10-13-5-6-14(19-3)9-16(13)18/h4-7,9,11,17-18H,8,10H2,1-3H3. The molecule has 2 aromatic rings. The van der Waals surface area contributed by atoms with Crippen molar-refractivity contribution in [2.75, 3.05) is 7.11 Å². The van der Waals surface area contributed by atoms with Gasteiger partial charge in [-0.1, -0.05) is 6.07 Å². The number of benzene rings is 1. The Balaban J connectivity index is 1.88. The van der Waals surface area contributed by atoms with E-state index in [1.165, 1.54) is 9.75 Å². The van der Waals surface area contributed by atoms with Crippen LogP contribution in [0, 0.1) is 6.92 Å². The number of aryl methyl sites for hydroxylation is 1. The lowest BCUT2D eigenvalue weighted by atomic mass is 10.1.